The Morgan fingerprint density at radius 3 is 2.15 bits per heavy atom. The zero-order valence-electron chi connectivity index (χ0n) is 12.6. The van der Waals surface area contributed by atoms with Crippen molar-refractivity contribution in [2.75, 3.05) is 5.32 Å². The lowest BCUT2D eigenvalue weighted by Crippen LogP contribution is -2.31. The molecule has 0 spiro atoms. The molecule has 1 aromatic carbocycles. The van der Waals surface area contributed by atoms with Gasteiger partial charge in [0.2, 0.25) is 5.91 Å². The largest absolute Gasteiger partial charge is 0.508 e. The van der Waals surface area contributed by atoms with Crippen molar-refractivity contribution < 1.29 is 9.90 Å². The van der Waals surface area contributed by atoms with E-state index in [2.05, 4.69) is 26.1 Å². The van der Waals surface area contributed by atoms with E-state index < -0.39 is 0 Å². The van der Waals surface area contributed by atoms with Gasteiger partial charge < -0.3 is 10.4 Å². The van der Waals surface area contributed by atoms with Gasteiger partial charge in [0, 0.05) is 11.6 Å². The van der Waals surface area contributed by atoms with Crippen molar-refractivity contribution in [2.24, 2.45) is 17.3 Å². The molecule has 2 rings (SSSR count). The van der Waals surface area contributed by atoms with Crippen molar-refractivity contribution in [3.05, 3.63) is 24.3 Å². The minimum Gasteiger partial charge on any atom is -0.508 e. The van der Waals surface area contributed by atoms with Gasteiger partial charge in [0.25, 0.3) is 0 Å². The van der Waals surface area contributed by atoms with Crippen LogP contribution in [0.1, 0.15) is 46.5 Å². The van der Waals surface area contributed by atoms with Crippen LogP contribution in [-0.2, 0) is 4.79 Å². The molecule has 0 atom stereocenters. The molecule has 0 radical (unpaired) electrons. The number of carbonyl (C=O) groups excluding carboxylic acids is 1. The van der Waals surface area contributed by atoms with Gasteiger partial charge in [-0.1, -0.05) is 20.8 Å². The second-order valence-corrected chi connectivity index (χ2v) is 6.95. The van der Waals surface area contributed by atoms with E-state index in [-0.39, 0.29) is 17.6 Å². The van der Waals surface area contributed by atoms with Gasteiger partial charge in [-0.2, -0.15) is 0 Å². The van der Waals surface area contributed by atoms with Gasteiger partial charge in [-0.15, -0.1) is 0 Å². The second kappa shape index (κ2) is 5.86. The van der Waals surface area contributed by atoms with Crippen LogP contribution in [0.2, 0.25) is 0 Å². The predicted octanol–water partition coefficient (Wildman–Crippen LogP) is 4.18. The third kappa shape index (κ3) is 3.75. The molecule has 1 amide bonds. The zero-order valence-corrected chi connectivity index (χ0v) is 12.6. The van der Waals surface area contributed by atoms with Gasteiger partial charge >= 0.3 is 0 Å². The molecule has 0 bridgehead atoms. The predicted molar refractivity (Wildman–Crippen MR) is 81.6 cm³/mol. The molecule has 0 saturated heterocycles. The molecule has 2 N–H and O–H groups in total. The first-order valence-electron chi connectivity index (χ1n) is 7.46. The first kappa shape index (κ1) is 14.9. The maximum Gasteiger partial charge on any atom is 0.227 e. The summed E-state index contributed by atoms with van der Waals surface area (Å²) in [5.41, 5.74) is 1.10. The van der Waals surface area contributed by atoms with E-state index in [0.717, 1.165) is 37.3 Å². The van der Waals surface area contributed by atoms with E-state index >= 15 is 0 Å². The summed E-state index contributed by atoms with van der Waals surface area (Å²) < 4.78 is 0. The molecule has 0 unspecified atom stereocenters. The van der Waals surface area contributed by atoms with Crippen LogP contribution in [-0.4, -0.2) is 11.0 Å². The molecule has 1 aliphatic carbocycles. The topological polar surface area (TPSA) is 49.3 Å². The SMILES string of the molecule is CC(C)(C)C1CCC(C(=O)Nc2ccc(O)cc2)CC1. The summed E-state index contributed by atoms with van der Waals surface area (Å²) in [6, 6.07) is 6.64. The first-order valence-corrected chi connectivity index (χ1v) is 7.46. The van der Waals surface area contributed by atoms with Crippen molar-refractivity contribution in [3.8, 4) is 5.75 Å². The van der Waals surface area contributed by atoms with Crippen LogP contribution in [0.25, 0.3) is 0 Å². The van der Waals surface area contributed by atoms with E-state index in [1.165, 1.54) is 0 Å². The van der Waals surface area contributed by atoms with Crippen LogP contribution < -0.4 is 5.32 Å². The van der Waals surface area contributed by atoms with E-state index in [0.29, 0.717) is 5.41 Å². The van der Waals surface area contributed by atoms with Gasteiger partial charge in [-0.25, -0.2) is 0 Å². The van der Waals surface area contributed by atoms with Crippen molar-refractivity contribution >= 4 is 11.6 Å². The smallest absolute Gasteiger partial charge is 0.227 e. The lowest BCUT2D eigenvalue weighted by atomic mass is 9.69. The van der Waals surface area contributed by atoms with Crippen molar-refractivity contribution in [1.29, 1.82) is 0 Å². The van der Waals surface area contributed by atoms with E-state index in [9.17, 15) is 9.90 Å². The number of phenolic OH excluding ortho intramolecular Hbond substituents is 1. The Morgan fingerprint density at radius 1 is 1.10 bits per heavy atom. The molecule has 0 aromatic heterocycles. The Kier molecular flexibility index (Phi) is 4.36. The van der Waals surface area contributed by atoms with Crippen molar-refractivity contribution in [2.45, 2.75) is 46.5 Å². The quantitative estimate of drug-likeness (QED) is 0.795. The highest BCUT2D eigenvalue weighted by atomic mass is 16.3. The molecule has 110 valence electrons. The molecule has 3 nitrogen and oxygen atoms in total. The fraction of sp³-hybridized carbons (Fsp3) is 0.588. The zero-order chi connectivity index (χ0) is 14.8. The number of rotatable bonds is 2. The number of carbonyl (C=O) groups is 1. The van der Waals surface area contributed by atoms with Crippen molar-refractivity contribution in [3.63, 3.8) is 0 Å². The molecule has 0 heterocycles. The van der Waals surface area contributed by atoms with Crippen LogP contribution in [0.3, 0.4) is 0 Å². The van der Waals surface area contributed by atoms with Gasteiger partial charge in [0.1, 0.15) is 5.75 Å². The Bertz CT molecular complexity index is 451. The molecule has 1 fully saturated rings. The van der Waals surface area contributed by atoms with E-state index in [1.54, 1.807) is 24.3 Å². The minimum absolute atomic E-state index is 0.114. The van der Waals surface area contributed by atoms with Gasteiger partial charge in [-0.05, 0) is 61.3 Å². The van der Waals surface area contributed by atoms with Gasteiger partial charge in [0.15, 0.2) is 0 Å². The standard InChI is InChI=1S/C17H25NO2/c1-17(2,3)13-6-4-12(5-7-13)16(20)18-14-8-10-15(19)11-9-14/h8-13,19H,4-7H2,1-3H3,(H,18,20). The molecule has 3 heteroatoms. The maximum absolute atomic E-state index is 12.2. The highest BCUT2D eigenvalue weighted by Crippen LogP contribution is 2.40. The fourth-order valence-electron chi connectivity index (χ4n) is 3.01. The summed E-state index contributed by atoms with van der Waals surface area (Å²) in [6.45, 7) is 6.86. The summed E-state index contributed by atoms with van der Waals surface area (Å²) in [6.07, 6.45) is 4.23. The fourth-order valence-corrected chi connectivity index (χ4v) is 3.01. The van der Waals surface area contributed by atoms with Crippen LogP contribution in [0, 0.1) is 17.3 Å². The first-order chi connectivity index (χ1) is 9.36. The number of benzene rings is 1. The average Bonchev–Trinajstić information content (AvgIpc) is 2.40. The third-order valence-corrected chi connectivity index (χ3v) is 4.46. The highest BCUT2D eigenvalue weighted by Gasteiger charge is 2.32. The molecular weight excluding hydrogens is 250 g/mol. The van der Waals surface area contributed by atoms with Crippen LogP contribution in [0.15, 0.2) is 24.3 Å². The number of hydrogen-bond donors (Lipinski definition) is 2. The second-order valence-electron chi connectivity index (χ2n) is 6.95. The third-order valence-electron chi connectivity index (χ3n) is 4.46. The Morgan fingerprint density at radius 2 is 1.65 bits per heavy atom. The summed E-state index contributed by atoms with van der Waals surface area (Å²) in [7, 11) is 0. The number of aromatic hydroxyl groups is 1. The summed E-state index contributed by atoms with van der Waals surface area (Å²) >= 11 is 0. The molecule has 20 heavy (non-hydrogen) atoms. The maximum atomic E-state index is 12.2. The summed E-state index contributed by atoms with van der Waals surface area (Å²) in [4.78, 5) is 12.2. The number of anilines is 1. The van der Waals surface area contributed by atoms with Crippen LogP contribution in [0.4, 0.5) is 5.69 Å². The van der Waals surface area contributed by atoms with Crippen LogP contribution >= 0.6 is 0 Å². The normalized spacial score (nSPS) is 23.4. The lowest BCUT2D eigenvalue weighted by Gasteiger charge is -2.36. The Hall–Kier alpha value is -1.51. The summed E-state index contributed by atoms with van der Waals surface area (Å²) in [5.74, 6) is 1.18. The van der Waals surface area contributed by atoms with E-state index in [4.69, 9.17) is 0 Å². The lowest BCUT2D eigenvalue weighted by molar-refractivity contribution is -0.121. The minimum atomic E-state index is 0.114. The molecule has 1 saturated carbocycles. The molecule has 0 aliphatic heterocycles. The average molecular weight is 275 g/mol. The Labute approximate surface area is 121 Å². The Balaban J connectivity index is 1.87. The number of phenols is 1. The van der Waals surface area contributed by atoms with Gasteiger partial charge in [0.05, 0.1) is 0 Å². The molecule has 1 aromatic rings. The molecular formula is C17H25NO2. The number of amides is 1. The van der Waals surface area contributed by atoms with Crippen molar-refractivity contribution in [1.82, 2.24) is 0 Å². The van der Waals surface area contributed by atoms with E-state index in [1.807, 2.05) is 0 Å². The highest BCUT2D eigenvalue weighted by molar-refractivity contribution is 5.92. The number of nitrogens with one attached hydrogen (secondary N) is 1. The van der Waals surface area contributed by atoms with Crippen LogP contribution in [0.5, 0.6) is 5.75 Å². The van der Waals surface area contributed by atoms with Gasteiger partial charge in [-0.3, -0.25) is 4.79 Å². The monoisotopic (exact) mass is 275 g/mol. The molecule has 1 aliphatic rings. The number of hydrogen-bond acceptors (Lipinski definition) is 2. The summed E-state index contributed by atoms with van der Waals surface area (Å²) in [5, 5.41) is 12.2.